The van der Waals surface area contributed by atoms with Crippen molar-refractivity contribution in [3.05, 3.63) is 87.7 Å². The van der Waals surface area contributed by atoms with E-state index in [-0.39, 0.29) is 30.6 Å². The van der Waals surface area contributed by atoms with Crippen LogP contribution in [0.5, 0.6) is 11.5 Å². The molecule has 1 aliphatic heterocycles. The lowest BCUT2D eigenvalue weighted by molar-refractivity contribution is -0.113. The Morgan fingerprint density at radius 2 is 1.85 bits per heavy atom. The van der Waals surface area contributed by atoms with Gasteiger partial charge in [0, 0.05) is 10.7 Å². The Bertz CT molecular complexity index is 1410. The van der Waals surface area contributed by atoms with Gasteiger partial charge in [-0.15, -0.1) is 0 Å². The van der Waals surface area contributed by atoms with Crippen LogP contribution >= 0.6 is 23.4 Å². The molecule has 0 aliphatic carbocycles. The topological polar surface area (TPSA) is 82.5 Å². The van der Waals surface area contributed by atoms with Gasteiger partial charge in [-0.1, -0.05) is 41.6 Å². The van der Waals surface area contributed by atoms with Gasteiger partial charge in [-0.25, -0.2) is 4.98 Å². The molecule has 0 bridgehead atoms. The summed E-state index contributed by atoms with van der Waals surface area (Å²) in [6.07, 6.45) is 0. The summed E-state index contributed by atoms with van der Waals surface area (Å²) in [7, 11) is 0. The maximum Gasteiger partial charge on any atom is 0.262 e. The molecule has 0 spiro atoms. The van der Waals surface area contributed by atoms with E-state index in [9.17, 15) is 9.59 Å². The van der Waals surface area contributed by atoms with Gasteiger partial charge in [0.05, 0.1) is 23.2 Å². The zero-order valence-corrected chi connectivity index (χ0v) is 18.9. The Kier molecular flexibility index (Phi) is 5.93. The Labute approximate surface area is 198 Å². The number of nitrogens with zero attached hydrogens (tertiary/aromatic N) is 2. The van der Waals surface area contributed by atoms with Crippen molar-refractivity contribution in [1.82, 2.24) is 9.55 Å². The second kappa shape index (κ2) is 9.17. The number of benzene rings is 3. The number of carbonyl (C=O) groups is 1. The minimum atomic E-state index is -0.209. The molecule has 0 saturated heterocycles. The highest BCUT2D eigenvalue weighted by molar-refractivity contribution is 7.99. The summed E-state index contributed by atoms with van der Waals surface area (Å²) in [4.78, 5) is 30.5. The van der Waals surface area contributed by atoms with Gasteiger partial charge in [0.2, 0.25) is 12.7 Å². The smallest absolute Gasteiger partial charge is 0.262 e. The predicted molar refractivity (Wildman–Crippen MR) is 128 cm³/mol. The maximum absolute atomic E-state index is 13.3. The fraction of sp³-hybridized carbons (Fsp3) is 0.125. The van der Waals surface area contributed by atoms with Crippen LogP contribution in [0, 0.1) is 0 Å². The molecule has 0 unspecified atom stereocenters. The summed E-state index contributed by atoms with van der Waals surface area (Å²) in [5.41, 5.74) is 1.93. The van der Waals surface area contributed by atoms with Crippen molar-refractivity contribution in [1.29, 1.82) is 0 Å². The zero-order chi connectivity index (χ0) is 22.8. The number of amides is 1. The summed E-state index contributed by atoms with van der Waals surface area (Å²) in [5, 5.41) is 4.40. The third-order valence-corrected chi connectivity index (χ3v) is 6.29. The summed E-state index contributed by atoms with van der Waals surface area (Å²) >= 11 is 7.10. The standard InChI is InChI=1S/C24H18ClN3O4S/c25-16-6-8-17(9-7-16)26-22(29)13-33-24-27-19-4-2-1-3-18(19)23(30)28(24)12-15-5-10-20-21(11-15)32-14-31-20/h1-11H,12-14H2,(H,26,29). The Balaban J connectivity index is 1.42. The van der Waals surface area contributed by atoms with Gasteiger partial charge in [0.25, 0.3) is 5.56 Å². The van der Waals surface area contributed by atoms with Crippen LogP contribution in [0.3, 0.4) is 0 Å². The fourth-order valence-electron chi connectivity index (χ4n) is 3.48. The van der Waals surface area contributed by atoms with Crippen molar-refractivity contribution in [2.24, 2.45) is 0 Å². The molecule has 1 N–H and O–H groups in total. The van der Waals surface area contributed by atoms with Gasteiger partial charge < -0.3 is 14.8 Å². The van der Waals surface area contributed by atoms with E-state index in [1.807, 2.05) is 30.3 Å². The zero-order valence-electron chi connectivity index (χ0n) is 17.3. The van der Waals surface area contributed by atoms with Gasteiger partial charge in [-0.2, -0.15) is 0 Å². The number of para-hydroxylation sites is 1. The number of hydrogen-bond acceptors (Lipinski definition) is 6. The van der Waals surface area contributed by atoms with Gasteiger partial charge >= 0.3 is 0 Å². The molecule has 0 saturated carbocycles. The summed E-state index contributed by atoms with van der Waals surface area (Å²) < 4.78 is 12.4. The van der Waals surface area contributed by atoms with E-state index in [4.69, 9.17) is 21.1 Å². The third-order valence-electron chi connectivity index (χ3n) is 5.06. The molecule has 1 aromatic heterocycles. The highest BCUT2D eigenvalue weighted by atomic mass is 35.5. The fourth-order valence-corrected chi connectivity index (χ4v) is 4.40. The second-order valence-electron chi connectivity index (χ2n) is 7.33. The Morgan fingerprint density at radius 3 is 2.70 bits per heavy atom. The van der Waals surface area contributed by atoms with Crippen molar-refractivity contribution >= 4 is 45.9 Å². The molecular weight excluding hydrogens is 462 g/mol. The number of hydrogen-bond donors (Lipinski definition) is 1. The molecule has 5 rings (SSSR count). The van der Waals surface area contributed by atoms with Crippen LogP contribution in [-0.4, -0.2) is 28.0 Å². The first-order valence-corrected chi connectivity index (χ1v) is 11.5. The molecule has 4 aromatic rings. The van der Waals surface area contributed by atoms with Crippen molar-refractivity contribution in [3.63, 3.8) is 0 Å². The minimum absolute atomic E-state index is 0.0918. The molecule has 1 aliphatic rings. The molecule has 2 heterocycles. The monoisotopic (exact) mass is 479 g/mol. The summed E-state index contributed by atoms with van der Waals surface area (Å²) in [5.74, 6) is 1.20. The van der Waals surface area contributed by atoms with Crippen molar-refractivity contribution in [2.45, 2.75) is 11.7 Å². The third kappa shape index (κ3) is 4.67. The minimum Gasteiger partial charge on any atom is -0.454 e. The lowest BCUT2D eigenvalue weighted by atomic mass is 10.2. The molecular formula is C24H18ClN3O4S. The number of ether oxygens (including phenoxy) is 2. The maximum atomic E-state index is 13.3. The number of carbonyl (C=O) groups excluding carboxylic acids is 1. The van der Waals surface area contributed by atoms with E-state index in [2.05, 4.69) is 10.3 Å². The molecule has 0 fully saturated rings. The molecule has 1 amide bonds. The number of anilines is 1. The van der Waals surface area contributed by atoms with E-state index in [1.165, 1.54) is 11.8 Å². The first-order valence-electron chi connectivity index (χ1n) is 10.1. The first kappa shape index (κ1) is 21.4. The lowest BCUT2D eigenvalue weighted by Crippen LogP contribution is -2.25. The molecule has 7 nitrogen and oxygen atoms in total. The van der Waals surface area contributed by atoms with Crippen LogP contribution in [-0.2, 0) is 11.3 Å². The van der Waals surface area contributed by atoms with Crippen LogP contribution in [0.25, 0.3) is 10.9 Å². The second-order valence-corrected chi connectivity index (χ2v) is 8.71. The average molecular weight is 480 g/mol. The van der Waals surface area contributed by atoms with E-state index in [1.54, 1.807) is 41.0 Å². The van der Waals surface area contributed by atoms with Crippen LogP contribution < -0.4 is 20.3 Å². The highest BCUT2D eigenvalue weighted by Crippen LogP contribution is 2.33. The van der Waals surface area contributed by atoms with Crippen LogP contribution in [0.4, 0.5) is 5.69 Å². The number of thioether (sulfide) groups is 1. The van der Waals surface area contributed by atoms with Crippen molar-refractivity contribution < 1.29 is 14.3 Å². The number of nitrogens with one attached hydrogen (secondary N) is 1. The normalized spacial score (nSPS) is 12.2. The van der Waals surface area contributed by atoms with Crippen LogP contribution in [0.15, 0.2) is 76.7 Å². The van der Waals surface area contributed by atoms with Gasteiger partial charge in [0.15, 0.2) is 16.7 Å². The average Bonchev–Trinajstić information content (AvgIpc) is 3.29. The van der Waals surface area contributed by atoms with Crippen LogP contribution in [0.1, 0.15) is 5.56 Å². The molecule has 0 atom stereocenters. The Hall–Kier alpha value is -3.49. The van der Waals surface area contributed by atoms with E-state index in [0.717, 1.165) is 5.56 Å². The van der Waals surface area contributed by atoms with E-state index >= 15 is 0 Å². The Morgan fingerprint density at radius 1 is 1.06 bits per heavy atom. The molecule has 3 aromatic carbocycles. The van der Waals surface area contributed by atoms with E-state index < -0.39 is 0 Å². The SMILES string of the molecule is O=C(CSc1nc2ccccc2c(=O)n1Cc1ccc2c(c1)OCO2)Nc1ccc(Cl)cc1. The quantitative estimate of drug-likeness (QED) is 0.322. The number of aromatic nitrogens is 2. The number of rotatable bonds is 6. The van der Waals surface area contributed by atoms with Gasteiger partial charge in [-0.3, -0.25) is 14.2 Å². The van der Waals surface area contributed by atoms with Crippen molar-refractivity contribution in [3.8, 4) is 11.5 Å². The highest BCUT2D eigenvalue weighted by Gasteiger charge is 2.17. The first-order chi connectivity index (χ1) is 16.1. The summed E-state index contributed by atoms with van der Waals surface area (Å²) in [6, 6.07) is 19.6. The molecule has 0 radical (unpaired) electrons. The predicted octanol–water partition coefficient (Wildman–Crippen LogP) is 4.56. The summed E-state index contributed by atoms with van der Waals surface area (Å²) in [6.45, 7) is 0.467. The van der Waals surface area contributed by atoms with Crippen molar-refractivity contribution in [2.75, 3.05) is 17.9 Å². The number of halogens is 1. The molecule has 33 heavy (non-hydrogen) atoms. The van der Waals surface area contributed by atoms with Crippen LogP contribution in [0.2, 0.25) is 5.02 Å². The van der Waals surface area contributed by atoms with E-state index in [0.29, 0.717) is 38.3 Å². The number of fused-ring (bicyclic) bond motifs is 2. The largest absolute Gasteiger partial charge is 0.454 e. The van der Waals surface area contributed by atoms with Gasteiger partial charge in [0.1, 0.15) is 0 Å². The lowest BCUT2D eigenvalue weighted by Gasteiger charge is -2.14. The molecule has 166 valence electrons. The molecule has 9 heteroatoms. The van der Waals surface area contributed by atoms with Gasteiger partial charge in [-0.05, 0) is 54.1 Å².